The quantitative estimate of drug-likeness (QED) is 0.759. The van der Waals surface area contributed by atoms with Crippen LogP contribution < -0.4 is 0 Å². The third-order valence-corrected chi connectivity index (χ3v) is 2.59. The summed E-state index contributed by atoms with van der Waals surface area (Å²) in [5.74, 6) is 0. The first kappa shape index (κ1) is 18.8. The van der Waals surface area contributed by atoms with E-state index in [1.165, 1.54) is 0 Å². The molecular formula is C16H29NO3. The monoisotopic (exact) mass is 283 g/mol. The van der Waals surface area contributed by atoms with Gasteiger partial charge in [0, 0.05) is 7.05 Å². The van der Waals surface area contributed by atoms with Gasteiger partial charge in [-0.25, -0.2) is 4.79 Å². The van der Waals surface area contributed by atoms with Gasteiger partial charge in [0.1, 0.15) is 5.60 Å². The van der Waals surface area contributed by atoms with E-state index in [0.717, 1.165) is 30.4 Å². The van der Waals surface area contributed by atoms with Gasteiger partial charge in [0.2, 0.25) is 0 Å². The van der Waals surface area contributed by atoms with E-state index in [2.05, 4.69) is 12.7 Å². The molecule has 1 N–H and O–H groups in total. The van der Waals surface area contributed by atoms with E-state index in [4.69, 9.17) is 9.84 Å². The van der Waals surface area contributed by atoms with Crippen LogP contribution in [0.15, 0.2) is 16.9 Å². The molecule has 0 rings (SSSR count). The molecule has 0 spiro atoms. The average Bonchev–Trinajstić information content (AvgIpc) is 2.33. The molecule has 0 heterocycles. The van der Waals surface area contributed by atoms with Crippen LogP contribution >= 0.6 is 0 Å². The third kappa shape index (κ3) is 8.78. The normalized spacial score (nSPS) is 10.8. The SMILES string of the molecule is CCCCC(=C=C(C)CO)CN(C)C(=O)OC(C)(C)C. The number of aliphatic hydroxyl groups excluding tert-OH is 1. The molecule has 0 saturated heterocycles. The number of unbranched alkanes of at least 4 members (excludes halogenated alkanes) is 1. The first-order valence-corrected chi connectivity index (χ1v) is 7.18. The molecule has 0 aromatic rings. The molecule has 0 aliphatic rings. The second-order valence-electron chi connectivity index (χ2n) is 6.11. The van der Waals surface area contributed by atoms with Crippen molar-refractivity contribution in [3.8, 4) is 0 Å². The van der Waals surface area contributed by atoms with Crippen LogP contribution in [0.25, 0.3) is 0 Å². The minimum atomic E-state index is -0.491. The van der Waals surface area contributed by atoms with E-state index in [9.17, 15) is 4.79 Å². The lowest BCUT2D eigenvalue weighted by Gasteiger charge is -2.25. The lowest BCUT2D eigenvalue weighted by atomic mass is 10.1. The first-order valence-electron chi connectivity index (χ1n) is 7.18. The zero-order chi connectivity index (χ0) is 15.8. The van der Waals surface area contributed by atoms with Crippen molar-refractivity contribution in [1.82, 2.24) is 4.90 Å². The number of hydrogen-bond acceptors (Lipinski definition) is 3. The van der Waals surface area contributed by atoms with Crippen LogP contribution in [0, 0.1) is 0 Å². The zero-order valence-electron chi connectivity index (χ0n) is 13.7. The summed E-state index contributed by atoms with van der Waals surface area (Å²) in [5.41, 5.74) is 4.50. The topological polar surface area (TPSA) is 49.8 Å². The lowest BCUT2D eigenvalue weighted by molar-refractivity contribution is 0.0312. The van der Waals surface area contributed by atoms with Gasteiger partial charge in [-0.05, 0) is 51.7 Å². The second-order valence-corrected chi connectivity index (χ2v) is 6.11. The maximum absolute atomic E-state index is 11.9. The Bertz CT molecular complexity index is 374. The molecule has 0 radical (unpaired) electrons. The van der Waals surface area contributed by atoms with Gasteiger partial charge < -0.3 is 14.7 Å². The maximum atomic E-state index is 11.9. The lowest BCUT2D eigenvalue weighted by Crippen LogP contribution is -2.35. The number of nitrogens with zero attached hydrogens (tertiary/aromatic N) is 1. The fourth-order valence-electron chi connectivity index (χ4n) is 1.60. The van der Waals surface area contributed by atoms with Crippen molar-refractivity contribution < 1.29 is 14.6 Å². The maximum Gasteiger partial charge on any atom is 0.410 e. The molecule has 0 fully saturated rings. The van der Waals surface area contributed by atoms with E-state index in [0.29, 0.717) is 6.54 Å². The fraction of sp³-hybridized carbons (Fsp3) is 0.750. The van der Waals surface area contributed by atoms with E-state index in [1.807, 2.05) is 27.7 Å². The highest BCUT2D eigenvalue weighted by Gasteiger charge is 2.19. The molecule has 116 valence electrons. The Labute approximate surface area is 123 Å². The van der Waals surface area contributed by atoms with E-state index >= 15 is 0 Å². The molecule has 0 aromatic heterocycles. The Kier molecular flexibility index (Phi) is 8.28. The number of likely N-dealkylation sites (N-methyl/N-ethyl adjacent to an activating group) is 1. The number of carbonyl (C=O) groups excluding carboxylic acids is 1. The van der Waals surface area contributed by atoms with Gasteiger partial charge >= 0.3 is 6.09 Å². The average molecular weight is 283 g/mol. The van der Waals surface area contributed by atoms with Crippen LogP contribution in [0.5, 0.6) is 0 Å². The van der Waals surface area contributed by atoms with Crippen molar-refractivity contribution in [3.63, 3.8) is 0 Å². The molecule has 0 unspecified atom stereocenters. The summed E-state index contributed by atoms with van der Waals surface area (Å²) in [6.07, 6.45) is 2.67. The van der Waals surface area contributed by atoms with Gasteiger partial charge in [0.25, 0.3) is 0 Å². The molecule has 0 bridgehead atoms. The van der Waals surface area contributed by atoms with Crippen molar-refractivity contribution in [2.24, 2.45) is 0 Å². The molecule has 0 aliphatic heterocycles. The predicted molar refractivity (Wildman–Crippen MR) is 81.7 cm³/mol. The molecule has 20 heavy (non-hydrogen) atoms. The highest BCUT2D eigenvalue weighted by Crippen LogP contribution is 2.13. The highest BCUT2D eigenvalue weighted by atomic mass is 16.6. The van der Waals surface area contributed by atoms with Crippen LogP contribution in [-0.4, -0.2) is 41.9 Å². The summed E-state index contributed by atoms with van der Waals surface area (Å²) in [6.45, 7) is 9.97. The molecule has 0 atom stereocenters. The Morgan fingerprint density at radius 3 is 2.40 bits per heavy atom. The summed E-state index contributed by atoms with van der Waals surface area (Å²) >= 11 is 0. The first-order chi connectivity index (χ1) is 9.19. The Morgan fingerprint density at radius 1 is 1.35 bits per heavy atom. The molecule has 1 amide bonds. The van der Waals surface area contributed by atoms with Crippen molar-refractivity contribution in [2.75, 3.05) is 20.2 Å². The van der Waals surface area contributed by atoms with Crippen molar-refractivity contribution in [3.05, 3.63) is 16.9 Å². The van der Waals surface area contributed by atoms with Crippen LogP contribution in [0.4, 0.5) is 4.79 Å². The summed E-state index contributed by atoms with van der Waals surface area (Å²) in [4.78, 5) is 13.5. The third-order valence-electron chi connectivity index (χ3n) is 2.59. The molecule has 0 aromatic carbocycles. The highest BCUT2D eigenvalue weighted by molar-refractivity contribution is 5.68. The Balaban J connectivity index is 4.82. The van der Waals surface area contributed by atoms with E-state index < -0.39 is 5.60 Å². The zero-order valence-corrected chi connectivity index (χ0v) is 13.7. The van der Waals surface area contributed by atoms with Gasteiger partial charge in [0.05, 0.1) is 13.2 Å². The fourth-order valence-corrected chi connectivity index (χ4v) is 1.60. The number of carbonyl (C=O) groups is 1. The Hall–Kier alpha value is -1.25. The summed E-state index contributed by atoms with van der Waals surface area (Å²) in [7, 11) is 1.72. The largest absolute Gasteiger partial charge is 0.444 e. The van der Waals surface area contributed by atoms with Gasteiger partial charge in [0.15, 0.2) is 0 Å². The van der Waals surface area contributed by atoms with Crippen molar-refractivity contribution in [1.29, 1.82) is 0 Å². The summed E-state index contributed by atoms with van der Waals surface area (Å²) < 4.78 is 5.33. The van der Waals surface area contributed by atoms with Crippen LogP contribution in [0.2, 0.25) is 0 Å². The van der Waals surface area contributed by atoms with Gasteiger partial charge in [-0.15, -0.1) is 5.73 Å². The molecule has 4 nitrogen and oxygen atoms in total. The van der Waals surface area contributed by atoms with Crippen molar-refractivity contribution in [2.45, 2.75) is 59.5 Å². The Morgan fingerprint density at radius 2 is 1.95 bits per heavy atom. The van der Waals surface area contributed by atoms with Crippen molar-refractivity contribution >= 4 is 6.09 Å². The smallest absolute Gasteiger partial charge is 0.410 e. The van der Waals surface area contributed by atoms with Gasteiger partial charge in [-0.1, -0.05) is 13.3 Å². The number of hydrogen-bond donors (Lipinski definition) is 1. The van der Waals surface area contributed by atoms with E-state index in [-0.39, 0.29) is 12.7 Å². The van der Waals surface area contributed by atoms with Gasteiger partial charge in [-0.3, -0.25) is 0 Å². The van der Waals surface area contributed by atoms with Crippen LogP contribution in [-0.2, 0) is 4.74 Å². The number of aliphatic hydroxyl groups is 1. The molecule has 4 heteroatoms. The predicted octanol–water partition coefficient (Wildman–Crippen LogP) is 3.51. The summed E-state index contributed by atoms with van der Waals surface area (Å²) in [5, 5.41) is 9.09. The van der Waals surface area contributed by atoms with E-state index in [1.54, 1.807) is 11.9 Å². The summed E-state index contributed by atoms with van der Waals surface area (Å²) in [6, 6.07) is 0. The number of ether oxygens (including phenoxy) is 1. The van der Waals surface area contributed by atoms with Crippen LogP contribution in [0.1, 0.15) is 53.9 Å². The molecular weight excluding hydrogens is 254 g/mol. The standard InChI is InChI=1S/C16H29NO3/c1-7-8-9-14(10-13(2)12-18)11-17(6)15(19)20-16(3,4)5/h18H,7-9,11-12H2,1-6H3. The minimum Gasteiger partial charge on any atom is -0.444 e. The molecule has 0 aliphatic carbocycles. The number of amides is 1. The van der Waals surface area contributed by atoms with Gasteiger partial charge in [-0.2, -0.15) is 0 Å². The molecule has 0 saturated carbocycles. The minimum absolute atomic E-state index is 0.00816. The second kappa shape index (κ2) is 8.83. The number of rotatable bonds is 6. The van der Waals surface area contributed by atoms with Crippen LogP contribution in [0.3, 0.4) is 0 Å².